The van der Waals surface area contributed by atoms with Crippen LogP contribution in [0.15, 0.2) is 24.3 Å². The summed E-state index contributed by atoms with van der Waals surface area (Å²) in [6.07, 6.45) is 0. The fourth-order valence-corrected chi connectivity index (χ4v) is 1.25. The number of hydrogen-bond acceptors (Lipinski definition) is 2. The second-order valence-electron chi connectivity index (χ2n) is 2.72. The summed E-state index contributed by atoms with van der Waals surface area (Å²) in [5, 5.41) is 5.65. The Morgan fingerprint density at radius 2 is 2.07 bits per heavy atom. The lowest BCUT2D eigenvalue weighted by Crippen LogP contribution is -2.40. The summed E-state index contributed by atoms with van der Waals surface area (Å²) in [5.74, 6) is 5.60. The molecule has 5 heteroatoms. The third-order valence-corrected chi connectivity index (χ3v) is 2.29. The van der Waals surface area contributed by atoms with Gasteiger partial charge in [-0.15, -0.1) is 0 Å². The molecule has 0 heterocycles. The molecule has 0 radical (unpaired) electrons. The van der Waals surface area contributed by atoms with Gasteiger partial charge in [0.1, 0.15) is 0 Å². The van der Waals surface area contributed by atoms with E-state index >= 15 is 0 Å². The van der Waals surface area contributed by atoms with E-state index in [0.29, 0.717) is 16.7 Å². The van der Waals surface area contributed by atoms with Crippen LogP contribution in [0.5, 0.6) is 0 Å². The maximum Gasteiger partial charge on any atom is 0.187 e. The standard InChI is InChI=1S/C9H12ClN3S/c1-2-13(11)9(14)12-8-5-3-7(10)4-6-8/h3-6H,2,11H2,1H3,(H,12,14). The summed E-state index contributed by atoms with van der Waals surface area (Å²) in [5.41, 5.74) is 0.878. The van der Waals surface area contributed by atoms with Gasteiger partial charge in [-0.2, -0.15) is 0 Å². The van der Waals surface area contributed by atoms with Gasteiger partial charge in [0.05, 0.1) is 0 Å². The quantitative estimate of drug-likeness (QED) is 0.464. The Morgan fingerprint density at radius 1 is 1.50 bits per heavy atom. The smallest absolute Gasteiger partial charge is 0.187 e. The molecule has 0 aliphatic heterocycles. The Kier molecular flexibility index (Phi) is 4.13. The van der Waals surface area contributed by atoms with Gasteiger partial charge in [0.2, 0.25) is 0 Å². The van der Waals surface area contributed by atoms with E-state index in [-0.39, 0.29) is 0 Å². The third kappa shape index (κ3) is 3.14. The van der Waals surface area contributed by atoms with Gasteiger partial charge in [0.15, 0.2) is 5.11 Å². The number of hydrazine groups is 1. The van der Waals surface area contributed by atoms with Crippen LogP contribution in [-0.2, 0) is 0 Å². The molecule has 0 aliphatic rings. The molecule has 14 heavy (non-hydrogen) atoms. The van der Waals surface area contributed by atoms with Crippen molar-refractivity contribution >= 4 is 34.6 Å². The number of thiocarbonyl (C=S) groups is 1. The topological polar surface area (TPSA) is 41.3 Å². The Bertz CT molecular complexity index is 312. The molecule has 1 aromatic carbocycles. The van der Waals surface area contributed by atoms with E-state index < -0.39 is 0 Å². The minimum absolute atomic E-state index is 0.495. The molecule has 0 fully saturated rings. The predicted octanol–water partition coefficient (Wildman–Crippen LogP) is 2.23. The van der Waals surface area contributed by atoms with Crippen molar-refractivity contribution in [3.63, 3.8) is 0 Å². The number of benzene rings is 1. The molecule has 1 aromatic rings. The van der Waals surface area contributed by atoms with E-state index in [0.717, 1.165) is 5.69 Å². The van der Waals surface area contributed by atoms with Gasteiger partial charge in [0, 0.05) is 17.3 Å². The minimum atomic E-state index is 0.495. The van der Waals surface area contributed by atoms with Crippen LogP contribution in [0.2, 0.25) is 5.02 Å². The van der Waals surface area contributed by atoms with Crippen molar-refractivity contribution in [3.8, 4) is 0 Å². The first kappa shape index (κ1) is 11.2. The molecule has 0 bridgehead atoms. The molecular formula is C9H12ClN3S. The zero-order chi connectivity index (χ0) is 10.6. The van der Waals surface area contributed by atoms with Gasteiger partial charge in [-0.3, -0.25) is 5.01 Å². The molecule has 0 saturated heterocycles. The summed E-state index contributed by atoms with van der Waals surface area (Å²) in [4.78, 5) is 0. The van der Waals surface area contributed by atoms with E-state index in [2.05, 4.69) is 5.32 Å². The Hall–Kier alpha value is -0.840. The molecule has 1 rings (SSSR count). The van der Waals surface area contributed by atoms with Crippen LogP contribution < -0.4 is 11.2 Å². The van der Waals surface area contributed by atoms with Crippen LogP contribution in [0.25, 0.3) is 0 Å². The maximum atomic E-state index is 5.74. The van der Waals surface area contributed by atoms with Crippen molar-refractivity contribution in [2.45, 2.75) is 6.92 Å². The number of rotatable bonds is 2. The van der Waals surface area contributed by atoms with Gasteiger partial charge in [0.25, 0.3) is 0 Å². The highest BCUT2D eigenvalue weighted by Crippen LogP contribution is 2.13. The van der Waals surface area contributed by atoms with Gasteiger partial charge in [-0.1, -0.05) is 11.6 Å². The lowest BCUT2D eigenvalue weighted by Gasteiger charge is -2.18. The van der Waals surface area contributed by atoms with Crippen molar-refractivity contribution in [3.05, 3.63) is 29.3 Å². The molecule has 3 nitrogen and oxygen atoms in total. The first-order chi connectivity index (χ1) is 6.63. The molecule has 3 N–H and O–H groups in total. The number of hydrogen-bond donors (Lipinski definition) is 2. The highest BCUT2D eigenvalue weighted by molar-refractivity contribution is 7.80. The molecule has 0 saturated carbocycles. The lowest BCUT2D eigenvalue weighted by atomic mass is 10.3. The van der Waals surface area contributed by atoms with Gasteiger partial charge in [-0.25, -0.2) is 5.84 Å². The van der Waals surface area contributed by atoms with Crippen LogP contribution in [0.4, 0.5) is 5.69 Å². The summed E-state index contributed by atoms with van der Waals surface area (Å²) >= 11 is 10.8. The number of nitrogens with two attached hydrogens (primary N) is 1. The van der Waals surface area contributed by atoms with Gasteiger partial charge >= 0.3 is 0 Å². The SMILES string of the molecule is CCN(N)C(=S)Nc1ccc(Cl)cc1. The summed E-state index contributed by atoms with van der Waals surface area (Å²) in [6, 6.07) is 7.27. The fourth-order valence-electron chi connectivity index (χ4n) is 0.872. The van der Waals surface area contributed by atoms with E-state index in [4.69, 9.17) is 29.7 Å². The van der Waals surface area contributed by atoms with Crippen molar-refractivity contribution in [2.75, 3.05) is 11.9 Å². The molecule has 0 aliphatic carbocycles. The first-order valence-electron chi connectivity index (χ1n) is 4.22. The molecular weight excluding hydrogens is 218 g/mol. The van der Waals surface area contributed by atoms with E-state index in [1.54, 1.807) is 12.1 Å². The number of nitrogens with one attached hydrogen (secondary N) is 1. The molecule has 76 valence electrons. The third-order valence-electron chi connectivity index (χ3n) is 1.70. The Morgan fingerprint density at radius 3 is 2.57 bits per heavy atom. The van der Waals surface area contributed by atoms with Crippen LogP contribution >= 0.6 is 23.8 Å². The zero-order valence-electron chi connectivity index (χ0n) is 7.83. The summed E-state index contributed by atoms with van der Waals surface area (Å²) in [7, 11) is 0. The van der Waals surface area contributed by atoms with E-state index in [1.165, 1.54) is 5.01 Å². The van der Waals surface area contributed by atoms with Gasteiger partial charge < -0.3 is 5.32 Å². The van der Waals surface area contributed by atoms with Crippen LogP contribution in [0.3, 0.4) is 0 Å². The van der Waals surface area contributed by atoms with Gasteiger partial charge in [-0.05, 0) is 43.4 Å². The minimum Gasteiger partial charge on any atom is -0.332 e. The van der Waals surface area contributed by atoms with E-state index in [1.807, 2.05) is 19.1 Å². The molecule has 0 atom stereocenters. The van der Waals surface area contributed by atoms with Crippen LogP contribution in [-0.4, -0.2) is 16.7 Å². The molecule has 0 aromatic heterocycles. The maximum absolute atomic E-state index is 5.74. The second-order valence-corrected chi connectivity index (χ2v) is 3.55. The number of nitrogens with zero attached hydrogens (tertiary/aromatic N) is 1. The monoisotopic (exact) mass is 229 g/mol. The second kappa shape index (κ2) is 5.14. The van der Waals surface area contributed by atoms with Crippen molar-refractivity contribution < 1.29 is 0 Å². The van der Waals surface area contributed by atoms with E-state index in [9.17, 15) is 0 Å². The highest BCUT2D eigenvalue weighted by atomic mass is 35.5. The Labute approximate surface area is 93.8 Å². The molecule has 0 unspecified atom stereocenters. The molecule has 0 amide bonds. The average molecular weight is 230 g/mol. The zero-order valence-corrected chi connectivity index (χ0v) is 9.40. The first-order valence-corrected chi connectivity index (χ1v) is 5.01. The average Bonchev–Trinajstić information content (AvgIpc) is 2.20. The summed E-state index contributed by atoms with van der Waals surface area (Å²) in [6.45, 7) is 2.59. The fraction of sp³-hybridized carbons (Fsp3) is 0.222. The molecule has 0 spiro atoms. The predicted molar refractivity (Wildman–Crippen MR) is 64.2 cm³/mol. The van der Waals surface area contributed by atoms with Crippen molar-refractivity contribution in [1.82, 2.24) is 5.01 Å². The highest BCUT2D eigenvalue weighted by Gasteiger charge is 2.01. The largest absolute Gasteiger partial charge is 0.332 e. The number of halogens is 1. The Balaban J connectivity index is 2.60. The summed E-state index contributed by atoms with van der Waals surface area (Å²) < 4.78 is 0. The van der Waals surface area contributed by atoms with Crippen LogP contribution in [0, 0.1) is 0 Å². The lowest BCUT2D eigenvalue weighted by molar-refractivity contribution is 0.473. The van der Waals surface area contributed by atoms with Crippen molar-refractivity contribution in [2.24, 2.45) is 5.84 Å². The van der Waals surface area contributed by atoms with Crippen molar-refractivity contribution in [1.29, 1.82) is 0 Å². The normalized spacial score (nSPS) is 9.64. The van der Waals surface area contributed by atoms with Crippen LogP contribution in [0.1, 0.15) is 6.92 Å². The number of anilines is 1.